The number of rotatable bonds is 6. The zero-order valence-electron chi connectivity index (χ0n) is 16.2. The monoisotopic (exact) mass is 370 g/mol. The summed E-state index contributed by atoms with van der Waals surface area (Å²) in [6.45, 7) is 5.69. The minimum Gasteiger partial charge on any atom is -0.496 e. The third-order valence-corrected chi connectivity index (χ3v) is 5.37. The first kappa shape index (κ1) is 19.2. The van der Waals surface area contributed by atoms with E-state index in [2.05, 4.69) is 9.88 Å². The average molecular weight is 370 g/mol. The minimum atomic E-state index is -0.778. The van der Waals surface area contributed by atoms with Gasteiger partial charge < -0.3 is 14.6 Å². The summed E-state index contributed by atoms with van der Waals surface area (Å²) in [5.41, 5.74) is 3.86. The lowest BCUT2D eigenvalue weighted by atomic mass is 9.88. The number of aromatic nitrogens is 1. The molecule has 1 saturated heterocycles. The number of nitrogens with zero attached hydrogens (tertiary/aromatic N) is 2. The largest absolute Gasteiger partial charge is 0.496 e. The van der Waals surface area contributed by atoms with Crippen molar-refractivity contribution in [1.29, 1.82) is 0 Å². The molecule has 0 radical (unpaired) electrons. The molecule has 6 nitrogen and oxygen atoms in total. The van der Waals surface area contributed by atoms with Gasteiger partial charge in [-0.3, -0.25) is 14.7 Å². The zero-order valence-corrected chi connectivity index (χ0v) is 16.2. The van der Waals surface area contributed by atoms with Gasteiger partial charge in [-0.2, -0.15) is 0 Å². The molecular weight excluding hydrogens is 344 g/mol. The van der Waals surface area contributed by atoms with Crippen molar-refractivity contribution in [2.45, 2.75) is 26.3 Å². The van der Waals surface area contributed by atoms with Gasteiger partial charge in [0.1, 0.15) is 11.5 Å². The number of ether oxygens (including phenoxy) is 2. The maximum absolute atomic E-state index is 11.9. The predicted octanol–water partition coefficient (Wildman–Crippen LogP) is 3.02. The van der Waals surface area contributed by atoms with Gasteiger partial charge in [-0.15, -0.1) is 0 Å². The van der Waals surface area contributed by atoms with Crippen molar-refractivity contribution in [2.75, 3.05) is 27.3 Å². The molecule has 2 heterocycles. The molecule has 0 amide bonds. The van der Waals surface area contributed by atoms with Crippen LogP contribution in [0.2, 0.25) is 0 Å². The van der Waals surface area contributed by atoms with Crippen LogP contribution in [0.1, 0.15) is 28.3 Å². The fourth-order valence-electron chi connectivity index (χ4n) is 3.99. The van der Waals surface area contributed by atoms with Crippen LogP contribution in [0, 0.1) is 19.8 Å². The summed E-state index contributed by atoms with van der Waals surface area (Å²) in [5, 5.41) is 9.76. The first-order valence-electron chi connectivity index (χ1n) is 9.03. The van der Waals surface area contributed by atoms with E-state index in [1.165, 1.54) is 0 Å². The highest BCUT2D eigenvalue weighted by molar-refractivity contribution is 5.72. The van der Waals surface area contributed by atoms with Gasteiger partial charge in [0.2, 0.25) is 0 Å². The van der Waals surface area contributed by atoms with Gasteiger partial charge in [0.15, 0.2) is 0 Å². The van der Waals surface area contributed by atoms with Gasteiger partial charge >= 0.3 is 5.97 Å². The first-order valence-corrected chi connectivity index (χ1v) is 9.03. The van der Waals surface area contributed by atoms with Crippen LogP contribution < -0.4 is 9.47 Å². The van der Waals surface area contributed by atoms with E-state index < -0.39 is 11.9 Å². The molecule has 1 fully saturated rings. The van der Waals surface area contributed by atoms with Crippen molar-refractivity contribution in [1.82, 2.24) is 9.88 Å². The van der Waals surface area contributed by atoms with E-state index in [0.29, 0.717) is 19.6 Å². The summed E-state index contributed by atoms with van der Waals surface area (Å²) in [7, 11) is 3.28. The molecule has 0 spiro atoms. The number of carboxylic acid groups (broad SMARTS) is 1. The Morgan fingerprint density at radius 2 is 1.96 bits per heavy atom. The zero-order chi connectivity index (χ0) is 19.6. The number of aryl methyl sites for hydroxylation is 1. The summed E-state index contributed by atoms with van der Waals surface area (Å²) in [4.78, 5) is 18.6. The number of para-hydroxylation sites is 1. The van der Waals surface area contributed by atoms with Crippen molar-refractivity contribution in [3.63, 3.8) is 0 Å². The molecule has 1 aromatic heterocycles. The number of aliphatic carboxylic acids is 1. The smallest absolute Gasteiger partial charge is 0.308 e. The van der Waals surface area contributed by atoms with Crippen LogP contribution in [-0.4, -0.2) is 48.3 Å². The highest BCUT2D eigenvalue weighted by Crippen LogP contribution is 2.38. The Balaban J connectivity index is 1.86. The summed E-state index contributed by atoms with van der Waals surface area (Å²) in [6.07, 6.45) is 1.81. The normalized spacial score (nSPS) is 19.9. The predicted molar refractivity (Wildman–Crippen MR) is 102 cm³/mol. The second kappa shape index (κ2) is 7.96. The molecule has 1 aliphatic rings. The third kappa shape index (κ3) is 3.76. The summed E-state index contributed by atoms with van der Waals surface area (Å²) in [5.74, 6) is 0.206. The molecule has 2 aromatic rings. The molecule has 0 saturated carbocycles. The van der Waals surface area contributed by atoms with Gasteiger partial charge in [-0.05, 0) is 25.5 Å². The fourth-order valence-corrected chi connectivity index (χ4v) is 3.99. The van der Waals surface area contributed by atoms with E-state index >= 15 is 0 Å². The molecule has 0 bridgehead atoms. The highest BCUT2D eigenvalue weighted by Gasteiger charge is 2.40. The second-order valence-corrected chi connectivity index (χ2v) is 7.03. The number of pyridine rings is 1. The summed E-state index contributed by atoms with van der Waals surface area (Å²) in [6, 6.07) is 7.67. The number of carboxylic acids is 1. The van der Waals surface area contributed by atoms with Gasteiger partial charge in [0, 0.05) is 42.9 Å². The second-order valence-electron chi connectivity index (χ2n) is 7.03. The van der Waals surface area contributed by atoms with Crippen LogP contribution in [0.3, 0.4) is 0 Å². The van der Waals surface area contributed by atoms with Crippen LogP contribution in [0.5, 0.6) is 11.5 Å². The van der Waals surface area contributed by atoms with Crippen LogP contribution in [0.4, 0.5) is 0 Å². The molecule has 27 heavy (non-hydrogen) atoms. The molecule has 3 rings (SSSR count). The molecule has 0 unspecified atom stereocenters. The molecule has 6 heteroatoms. The number of likely N-dealkylation sites (tertiary alicyclic amines) is 1. The first-order chi connectivity index (χ1) is 13.0. The fraction of sp³-hybridized carbons (Fsp3) is 0.429. The molecule has 0 aliphatic carbocycles. The van der Waals surface area contributed by atoms with Gasteiger partial charge in [0.25, 0.3) is 0 Å². The van der Waals surface area contributed by atoms with E-state index in [4.69, 9.17) is 9.47 Å². The molecule has 144 valence electrons. The third-order valence-electron chi connectivity index (χ3n) is 5.37. The summed E-state index contributed by atoms with van der Waals surface area (Å²) >= 11 is 0. The number of carbonyl (C=O) groups is 1. The van der Waals surface area contributed by atoms with Crippen molar-refractivity contribution in [3.05, 3.63) is 52.8 Å². The van der Waals surface area contributed by atoms with Gasteiger partial charge in [-0.1, -0.05) is 18.2 Å². The van der Waals surface area contributed by atoms with E-state index in [0.717, 1.165) is 33.9 Å². The van der Waals surface area contributed by atoms with Crippen molar-refractivity contribution >= 4 is 5.97 Å². The molecule has 1 aliphatic heterocycles. The molecular formula is C21H26N2O4. The maximum atomic E-state index is 11.9. The molecule has 2 atom stereocenters. The van der Waals surface area contributed by atoms with E-state index in [-0.39, 0.29) is 5.92 Å². The Hall–Kier alpha value is -2.60. The van der Waals surface area contributed by atoms with Crippen molar-refractivity contribution in [2.24, 2.45) is 5.92 Å². The number of hydrogen-bond donors (Lipinski definition) is 1. The Kier molecular flexibility index (Phi) is 5.65. The molecule has 1 N–H and O–H groups in total. The summed E-state index contributed by atoms with van der Waals surface area (Å²) < 4.78 is 11.0. The minimum absolute atomic E-state index is 0.119. The molecule has 1 aromatic carbocycles. The SMILES string of the molecule is COc1ccccc1[C@@H]1CN(Cc2ncc(C)c(OC)c2C)C[C@H]1C(=O)O. The van der Waals surface area contributed by atoms with Gasteiger partial charge in [-0.25, -0.2) is 0 Å². The topological polar surface area (TPSA) is 71.9 Å². The lowest BCUT2D eigenvalue weighted by Crippen LogP contribution is -2.24. The number of benzene rings is 1. The van der Waals surface area contributed by atoms with Crippen LogP contribution in [0.25, 0.3) is 0 Å². The Bertz CT molecular complexity index is 837. The standard InChI is InChI=1S/C21H26N2O4/c1-13-9-22-18(14(2)20(13)27-4)12-23-10-16(17(11-23)21(24)25)15-7-5-6-8-19(15)26-3/h5-9,16-17H,10-12H2,1-4H3,(H,24,25)/t16-,17+/m0/s1. The Morgan fingerprint density at radius 1 is 1.22 bits per heavy atom. The van der Waals surface area contributed by atoms with E-state index in [1.807, 2.05) is 44.3 Å². The van der Waals surface area contributed by atoms with Crippen molar-refractivity contribution < 1.29 is 19.4 Å². The number of methoxy groups -OCH3 is 2. The Labute approximate surface area is 159 Å². The van der Waals surface area contributed by atoms with Crippen LogP contribution >= 0.6 is 0 Å². The van der Waals surface area contributed by atoms with Crippen LogP contribution in [-0.2, 0) is 11.3 Å². The lowest BCUT2D eigenvalue weighted by molar-refractivity contribution is -0.141. The average Bonchev–Trinajstić information content (AvgIpc) is 3.08. The van der Waals surface area contributed by atoms with Gasteiger partial charge in [0.05, 0.1) is 25.8 Å². The van der Waals surface area contributed by atoms with Crippen LogP contribution in [0.15, 0.2) is 30.5 Å². The quantitative estimate of drug-likeness (QED) is 0.843. The lowest BCUT2D eigenvalue weighted by Gasteiger charge is -2.19. The van der Waals surface area contributed by atoms with E-state index in [9.17, 15) is 9.90 Å². The number of hydrogen-bond acceptors (Lipinski definition) is 5. The maximum Gasteiger partial charge on any atom is 0.308 e. The Morgan fingerprint density at radius 3 is 2.63 bits per heavy atom. The van der Waals surface area contributed by atoms with Crippen molar-refractivity contribution in [3.8, 4) is 11.5 Å². The highest BCUT2D eigenvalue weighted by atomic mass is 16.5. The van der Waals surface area contributed by atoms with E-state index in [1.54, 1.807) is 14.2 Å².